The lowest BCUT2D eigenvalue weighted by Crippen LogP contribution is -2.04. The van der Waals surface area contributed by atoms with Crippen LogP contribution < -0.4 is 5.73 Å². The fourth-order valence-electron chi connectivity index (χ4n) is 1.39. The summed E-state index contributed by atoms with van der Waals surface area (Å²) in [6, 6.07) is 6.07. The molecule has 0 saturated carbocycles. The van der Waals surface area contributed by atoms with E-state index in [0.29, 0.717) is 0 Å². The van der Waals surface area contributed by atoms with Crippen molar-refractivity contribution in [3.05, 3.63) is 30.0 Å². The maximum Gasteiger partial charge on any atom is 0.0653 e. The van der Waals surface area contributed by atoms with E-state index in [-0.39, 0.29) is 13.5 Å². The Labute approximate surface area is 78.0 Å². The highest BCUT2D eigenvalue weighted by molar-refractivity contribution is 5.81. The number of benzene rings is 1. The minimum atomic E-state index is 0. The van der Waals surface area contributed by atoms with Crippen molar-refractivity contribution < 1.29 is 0 Å². The lowest BCUT2D eigenvalue weighted by molar-refractivity contribution is 0.827. The average molecular weight is 177 g/mol. The number of nitrogens with one attached hydrogen (secondary N) is 1. The molecule has 1 aromatic carbocycles. The van der Waals surface area contributed by atoms with Gasteiger partial charge in [0.05, 0.1) is 11.7 Å². The number of nitrogens with two attached hydrogens (primary N) is 1. The quantitative estimate of drug-likeness (QED) is 0.701. The van der Waals surface area contributed by atoms with Crippen LogP contribution in [0.25, 0.3) is 10.9 Å². The molecular weight excluding hydrogens is 162 g/mol. The van der Waals surface area contributed by atoms with Crippen molar-refractivity contribution in [1.82, 2.24) is 10.2 Å². The predicted octanol–water partition coefficient (Wildman–Crippen LogP) is 2.22. The molecule has 0 radical (unpaired) electrons. The third-order valence-corrected chi connectivity index (χ3v) is 2.01. The van der Waals surface area contributed by atoms with E-state index in [2.05, 4.69) is 10.2 Å². The van der Waals surface area contributed by atoms with E-state index < -0.39 is 0 Å². The SMILES string of the molecule is C.CC(N)c1cccc2[nH]ncc12. The highest BCUT2D eigenvalue weighted by Gasteiger charge is 2.04. The molecular formula is C10H15N3. The third-order valence-electron chi connectivity index (χ3n) is 2.01. The Kier molecular flexibility index (Phi) is 2.68. The molecule has 1 heterocycles. The fraction of sp³-hybridized carbons (Fsp3) is 0.300. The van der Waals surface area contributed by atoms with Crippen LogP contribution in [-0.4, -0.2) is 10.2 Å². The van der Waals surface area contributed by atoms with E-state index in [0.717, 1.165) is 16.5 Å². The topological polar surface area (TPSA) is 54.7 Å². The molecule has 3 heteroatoms. The molecule has 0 saturated heterocycles. The molecule has 0 amide bonds. The Bertz CT molecular complexity index is 390. The van der Waals surface area contributed by atoms with Crippen LogP contribution in [0.15, 0.2) is 24.4 Å². The lowest BCUT2D eigenvalue weighted by atomic mass is 10.1. The summed E-state index contributed by atoms with van der Waals surface area (Å²) in [7, 11) is 0. The summed E-state index contributed by atoms with van der Waals surface area (Å²) >= 11 is 0. The molecule has 1 atom stereocenters. The number of fused-ring (bicyclic) bond motifs is 1. The molecule has 0 aliphatic rings. The number of aromatic amines is 1. The Hall–Kier alpha value is -1.35. The van der Waals surface area contributed by atoms with E-state index in [9.17, 15) is 0 Å². The Morgan fingerprint density at radius 3 is 2.92 bits per heavy atom. The maximum absolute atomic E-state index is 5.80. The summed E-state index contributed by atoms with van der Waals surface area (Å²) in [5, 5.41) is 7.99. The summed E-state index contributed by atoms with van der Waals surface area (Å²) in [5.74, 6) is 0. The summed E-state index contributed by atoms with van der Waals surface area (Å²) in [6.45, 7) is 1.97. The fourth-order valence-corrected chi connectivity index (χ4v) is 1.39. The highest BCUT2D eigenvalue weighted by Crippen LogP contribution is 2.20. The highest BCUT2D eigenvalue weighted by atomic mass is 15.1. The van der Waals surface area contributed by atoms with Crippen LogP contribution in [0.2, 0.25) is 0 Å². The smallest absolute Gasteiger partial charge is 0.0653 e. The van der Waals surface area contributed by atoms with Gasteiger partial charge in [-0.15, -0.1) is 0 Å². The molecule has 1 aromatic heterocycles. The van der Waals surface area contributed by atoms with E-state index in [1.165, 1.54) is 0 Å². The van der Waals surface area contributed by atoms with Gasteiger partial charge in [0.2, 0.25) is 0 Å². The summed E-state index contributed by atoms with van der Waals surface area (Å²) < 4.78 is 0. The molecule has 1 unspecified atom stereocenters. The van der Waals surface area contributed by atoms with Gasteiger partial charge in [-0.1, -0.05) is 19.6 Å². The molecule has 13 heavy (non-hydrogen) atoms. The first-order valence-corrected chi connectivity index (χ1v) is 3.96. The molecule has 3 nitrogen and oxygen atoms in total. The molecule has 0 fully saturated rings. The zero-order valence-electron chi connectivity index (χ0n) is 6.91. The summed E-state index contributed by atoms with van der Waals surface area (Å²) in [4.78, 5) is 0. The Morgan fingerprint density at radius 2 is 2.23 bits per heavy atom. The van der Waals surface area contributed by atoms with Crippen LogP contribution in [0.4, 0.5) is 0 Å². The van der Waals surface area contributed by atoms with Crippen molar-refractivity contribution >= 4 is 10.9 Å². The van der Waals surface area contributed by atoms with Crippen molar-refractivity contribution in [2.75, 3.05) is 0 Å². The molecule has 2 rings (SSSR count). The van der Waals surface area contributed by atoms with E-state index in [1.807, 2.05) is 31.3 Å². The monoisotopic (exact) mass is 177 g/mol. The van der Waals surface area contributed by atoms with Gasteiger partial charge in [0.1, 0.15) is 0 Å². The zero-order valence-corrected chi connectivity index (χ0v) is 6.91. The second-order valence-electron chi connectivity index (χ2n) is 2.97. The van der Waals surface area contributed by atoms with Crippen LogP contribution in [0.1, 0.15) is 26.0 Å². The lowest BCUT2D eigenvalue weighted by Gasteiger charge is -2.05. The normalized spacial score (nSPS) is 12.5. The van der Waals surface area contributed by atoms with Crippen LogP contribution in [0, 0.1) is 0 Å². The van der Waals surface area contributed by atoms with Crippen molar-refractivity contribution in [3.8, 4) is 0 Å². The van der Waals surface area contributed by atoms with Crippen molar-refractivity contribution in [2.45, 2.75) is 20.4 Å². The van der Waals surface area contributed by atoms with Crippen LogP contribution in [-0.2, 0) is 0 Å². The molecule has 0 aliphatic heterocycles. The standard InChI is InChI=1S/C9H11N3.CH4/c1-6(10)7-3-2-4-9-8(7)5-11-12-9;/h2-6H,10H2,1H3,(H,11,12);1H4. The molecule has 0 spiro atoms. The predicted molar refractivity (Wildman–Crippen MR) is 55.4 cm³/mol. The first-order valence-electron chi connectivity index (χ1n) is 3.96. The van der Waals surface area contributed by atoms with Gasteiger partial charge in [-0.3, -0.25) is 5.10 Å². The minimum absolute atomic E-state index is 0. The van der Waals surface area contributed by atoms with E-state index >= 15 is 0 Å². The number of H-pyrrole nitrogens is 1. The van der Waals surface area contributed by atoms with E-state index in [4.69, 9.17) is 5.73 Å². The summed E-state index contributed by atoms with van der Waals surface area (Å²) in [5.41, 5.74) is 7.98. The van der Waals surface area contributed by atoms with Gasteiger partial charge >= 0.3 is 0 Å². The van der Waals surface area contributed by atoms with Crippen LogP contribution in [0.3, 0.4) is 0 Å². The number of hydrogen-bond acceptors (Lipinski definition) is 2. The van der Waals surface area contributed by atoms with Gasteiger partial charge < -0.3 is 5.73 Å². The van der Waals surface area contributed by atoms with Crippen molar-refractivity contribution in [2.24, 2.45) is 5.73 Å². The Morgan fingerprint density at radius 1 is 1.46 bits per heavy atom. The van der Waals surface area contributed by atoms with Crippen molar-refractivity contribution in [1.29, 1.82) is 0 Å². The number of rotatable bonds is 1. The second kappa shape index (κ2) is 3.58. The van der Waals surface area contributed by atoms with E-state index in [1.54, 1.807) is 0 Å². The van der Waals surface area contributed by atoms with Gasteiger partial charge in [0.15, 0.2) is 0 Å². The maximum atomic E-state index is 5.80. The second-order valence-corrected chi connectivity index (χ2v) is 2.97. The van der Waals surface area contributed by atoms with Gasteiger partial charge in [0, 0.05) is 11.4 Å². The minimum Gasteiger partial charge on any atom is -0.324 e. The molecule has 70 valence electrons. The first kappa shape index (κ1) is 9.74. The Balaban J connectivity index is 0.000000845. The van der Waals surface area contributed by atoms with Gasteiger partial charge in [-0.25, -0.2) is 0 Å². The summed E-state index contributed by atoms with van der Waals surface area (Å²) in [6.07, 6.45) is 1.81. The molecule has 0 aliphatic carbocycles. The first-order chi connectivity index (χ1) is 5.79. The van der Waals surface area contributed by atoms with Crippen molar-refractivity contribution in [3.63, 3.8) is 0 Å². The molecule has 2 aromatic rings. The number of hydrogen-bond donors (Lipinski definition) is 2. The number of nitrogens with zero attached hydrogens (tertiary/aromatic N) is 1. The molecule has 0 bridgehead atoms. The van der Waals surface area contributed by atoms with Gasteiger partial charge in [-0.2, -0.15) is 5.10 Å². The van der Waals surface area contributed by atoms with Crippen LogP contribution in [0.5, 0.6) is 0 Å². The largest absolute Gasteiger partial charge is 0.324 e. The molecule has 3 N–H and O–H groups in total. The van der Waals surface area contributed by atoms with Gasteiger partial charge in [-0.05, 0) is 18.6 Å². The average Bonchev–Trinajstić information content (AvgIpc) is 2.49. The number of aromatic nitrogens is 2. The van der Waals surface area contributed by atoms with Crippen LogP contribution >= 0.6 is 0 Å². The van der Waals surface area contributed by atoms with Gasteiger partial charge in [0.25, 0.3) is 0 Å². The zero-order chi connectivity index (χ0) is 8.55. The third kappa shape index (κ3) is 1.55.